The Bertz CT molecular complexity index is 1370. The third-order valence-electron chi connectivity index (χ3n) is 12.5. The van der Waals surface area contributed by atoms with Crippen LogP contribution in [0.2, 0.25) is 0 Å². The fourth-order valence-electron chi connectivity index (χ4n) is 9.59. The zero-order valence-corrected chi connectivity index (χ0v) is 26.3. The van der Waals surface area contributed by atoms with Crippen molar-refractivity contribution in [2.75, 3.05) is 0 Å². The monoisotopic (exact) mass is 630 g/mol. The van der Waals surface area contributed by atoms with Crippen molar-refractivity contribution >= 4 is 11.8 Å². The molecule has 5 aliphatic rings. The molecule has 11 heteroatoms. The molecule has 12 atom stereocenters. The second kappa shape index (κ2) is 10.8. The summed E-state index contributed by atoms with van der Waals surface area (Å²) in [5, 5.41) is 67.2. The van der Waals surface area contributed by atoms with Crippen molar-refractivity contribution in [3.05, 3.63) is 41.5 Å². The molecule has 1 aromatic rings. The highest BCUT2D eigenvalue weighted by molar-refractivity contribution is 5.90. The van der Waals surface area contributed by atoms with Gasteiger partial charge in [-0.15, -0.1) is 0 Å². The SMILES string of the molecule is CC(=O)[C@]1(O)CC[C@@]2(O)[C@]1(C)[C@@H](OC(=O)c1ccc(O)cc1)C[C@@H]1[C@@]3(C)CC[C@H](O[C@H]4C[C@H](O)[C@H](O)[C@@H](C)O4)CC3=CC[C@]12O. The maximum Gasteiger partial charge on any atom is 0.338 e. The van der Waals surface area contributed by atoms with Crippen molar-refractivity contribution in [2.45, 2.75) is 133 Å². The van der Waals surface area contributed by atoms with E-state index in [-0.39, 0.29) is 49.5 Å². The van der Waals surface area contributed by atoms with Gasteiger partial charge >= 0.3 is 5.97 Å². The molecule has 0 bridgehead atoms. The van der Waals surface area contributed by atoms with Gasteiger partial charge in [-0.1, -0.05) is 18.6 Å². The maximum atomic E-state index is 13.5. The molecule has 248 valence electrons. The highest BCUT2D eigenvalue weighted by atomic mass is 16.7. The number of hydrogen-bond acceptors (Lipinski definition) is 11. The number of fused-ring (bicyclic) bond motifs is 5. The number of benzene rings is 1. The number of carbonyl (C=O) groups is 2. The molecule has 0 unspecified atom stereocenters. The summed E-state index contributed by atoms with van der Waals surface area (Å²) in [7, 11) is 0. The molecule has 0 spiro atoms. The summed E-state index contributed by atoms with van der Waals surface area (Å²) in [6, 6.07) is 5.55. The number of hydrogen-bond donors (Lipinski definition) is 6. The largest absolute Gasteiger partial charge is 0.508 e. The number of ketones is 1. The number of rotatable bonds is 5. The first-order chi connectivity index (χ1) is 21.0. The van der Waals surface area contributed by atoms with E-state index in [1.165, 1.54) is 31.2 Å². The van der Waals surface area contributed by atoms with Crippen LogP contribution in [0.15, 0.2) is 35.9 Å². The summed E-state index contributed by atoms with van der Waals surface area (Å²) in [5.74, 6) is -1.90. The minimum Gasteiger partial charge on any atom is -0.508 e. The summed E-state index contributed by atoms with van der Waals surface area (Å²) in [6.45, 7) is 6.53. The van der Waals surface area contributed by atoms with Gasteiger partial charge in [0.2, 0.25) is 0 Å². The molecule has 1 aromatic carbocycles. The second-order valence-corrected chi connectivity index (χ2v) is 14.5. The van der Waals surface area contributed by atoms with Crippen LogP contribution in [0.5, 0.6) is 5.75 Å². The van der Waals surface area contributed by atoms with E-state index in [4.69, 9.17) is 14.2 Å². The van der Waals surface area contributed by atoms with Crippen molar-refractivity contribution in [1.82, 2.24) is 0 Å². The number of phenolic OH excluding ortho intramolecular Hbond substituents is 1. The van der Waals surface area contributed by atoms with Gasteiger partial charge in [0.25, 0.3) is 0 Å². The van der Waals surface area contributed by atoms with Crippen LogP contribution in [-0.2, 0) is 19.0 Å². The van der Waals surface area contributed by atoms with Crippen molar-refractivity contribution < 1.29 is 54.4 Å². The molecule has 0 amide bonds. The summed E-state index contributed by atoms with van der Waals surface area (Å²) in [5.41, 5.74) is -6.88. The highest BCUT2D eigenvalue weighted by Crippen LogP contribution is 2.71. The van der Waals surface area contributed by atoms with Gasteiger partial charge in [0.15, 0.2) is 12.1 Å². The summed E-state index contributed by atoms with van der Waals surface area (Å²) >= 11 is 0. The van der Waals surface area contributed by atoms with Crippen molar-refractivity contribution in [1.29, 1.82) is 0 Å². The third kappa shape index (κ3) is 4.57. The molecule has 11 nitrogen and oxygen atoms in total. The first-order valence-electron chi connectivity index (χ1n) is 16.0. The Morgan fingerprint density at radius 3 is 2.33 bits per heavy atom. The molecule has 0 radical (unpaired) electrons. The van der Waals surface area contributed by atoms with Crippen molar-refractivity contribution in [2.24, 2.45) is 16.7 Å². The lowest BCUT2D eigenvalue weighted by molar-refractivity contribution is -0.313. The van der Waals surface area contributed by atoms with Crippen LogP contribution >= 0.6 is 0 Å². The zero-order valence-electron chi connectivity index (χ0n) is 26.3. The van der Waals surface area contributed by atoms with E-state index >= 15 is 0 Å². The number of aromatic hydroxyl groups is 1. The Morgan fingerprint density at radius 2 is 1.69 bits per heavy atom. The average Bonchev–Trinajstić information content (AvgIpc) is 3.22. The van der Waals surface area contributed by atoms with Gasteiger partial charge < -0.3 is 44.8 Å². The van der Waals surface area contributed by atoms with E-state index in [0.717, 1.165) is 5.57 Å². The summed E-state index contributed by atoms with van der Waals surface area (Å²) in [4.78, 5) is 26.5. The van der Waals surface area contributed by atoms with Gasteiger partial charge in [0.1, 0.15) is 34.8 Å². The smallest absolute Gasteiger partial charge is 0.338 e. The molecule has 3 saturated carbocycles. The molecule has 0 aromatic heterocycles. The summed E-state index contributed by atoms with van der Waals surface area (Å²) in [6.07, 6.45) is -0.707. The lowest BCUT2D eigenvalue weighted by atomic mass is 9.42. The normalized spacial score (nSPS) is 47.6. The number of aliphatic hydroxyl groups excluding tert-OH is 2. The Balaban J connectivity index is 1.33. The van der Waals surface area contributed by atoms with Crippen LogP contribution in [0.1, 0.15) is 89.4 Å². The van der Waals surface area contributed by atoms with Gasteiger partial charge in [-0.3, -0.25) is 4.79 Å². The fourth-order valence-corrected chi connectivity index (χ4v) is 9.59. The predicted octanol–water partition coefficient (Wildman–Crippen LogP) is 2.28. The van der Waals surface area contributed by atoms with Crippen LogP contribution in [0.3, 0.4) is 0 Å². The Hall–Kier alpha value is -2.38. The topological polar surface area (TPSA) is 183 Å². The zero-order chi connectivity index (χ0) is 32.7. The van der Waals surface area contributed by atoms with Crippen LogP contribution in [-0.4, -0.2) is 96.0 Å². The maximum absolute atomic E-state index is 13.5. The number of ether oxygens (including phenoxy) is 3. The van der Waals surface area contributed by atoms with Gasteiger partial charge in [-0.2, -0.15) is 0 Å². The lowest BCUT2D eigenvalue weighted by Crippen LogP contribution is -2.78. The van der Waals surface area contributed by atoms with Gasteiger partial charge in [0.05, 0.1) is 29.3 Å². The quantitative estimate of drug-likeness (QED) is 0.207. The fraction of sp³-hybridized carbons (Fsp3) is 0.706. The Labute approximate surface area is 262 Å². The predicted molar refractivity (Wildman–Crippen MR) is 159 cm³/mol. The van der Waals surface area contributed by atoms with Crippen LogP contribution in [0.25, 0.3) is 0 Å². The molecular formula is C34H46O11. The third-order valence-corrected chi connectivity index (χ3v) is 12.5. The number of Topliss-reactive ketones (excluding diaryl/α,β-unsaturated/α-hetero) is 1. The molecule has 6 N–H and O–H groups in total. The lowest BCUT2D eigenvalue weighted by Gasteiger charge is -2.67. The summed E-state index contributed by atoms with van der Waals surface area (Å²) < 4.78 is 18.2. The first kappa shape index (κ1) is 32.6. The first-order valence-corrected chi connectivity index (χ1v) is 16.0. The number of carbonyl (C=O) groups excluding carboxylic acids is 2. The Morgan fingerprint density at radius 1 is 1.00 bits per heavy atom. The Kier molecular flexibility index (Phi) is 7.84. The highest BCUT2D eigenvalue weighted by Gasteiger charge is 2.81. The molecule has 4 aliphatic carbocycles. The molecule has 4 fully saturated rings. The number of phenols is 1. The van der Waals surface area contributed by atoms with Crippen molar-refractivity contribution in [3.63, 3.8) is 0 Å². The molecule has 6 rings (SSSR count). The van der Waals surface area contributed by atoms with E-state index in [1.807, 2.05) is 13.0 Å². The minimum absolute atomic E-state index is 0.0234. The van der Waals surface area contributed by atoms with Gasteiger partial charge in [0, 0.05) is 12.3 Å². The molecule has 1 heterocycles. The van der Waals surface area contributed by atoms with Gasteiger partial charge in [-0.25, -0.2) is 4.79 Å². The van der Waals surface area contributed by atoms with Crippen molar-refractivity contribution in [3.8, 4) is 5.75 Å². The van der Waals surface area contributed by atoms with E-state index in [9.17, 15) is 40.2 Å². The van der Waals surface area contributed by atoms with Crippen LogP contribution in [0.4, 0.5) is 0 Å². The van der Waals surface area contributed by atoms with E-state index in [0.29, 0.717) is 19.3 Å². The molecular weight excluding hydrogens is 584 g/mol. The average molecular weight is 631 g/mol. The molecule has 1 aliphatic heterocycles. The van der Waals surface area contributed by atoms with Gasteiger partial charge in [-0.05, 0) is 95.4 Å². The van der Waals surface area contributed by atoms with Crippen LogP contribution in [0, 0.1) is 16.7 Å². The van der Waals surface area contributed by atoms with E-state index in [2.05, 4.69) is 0 Å². The standard InChI is InChI=1S/C34H46O11/c1-18-28(38)24(37)16-27(43-18)44-23-10-11-30(3)21(15-23)9-12-33(41)25(30)17-26(45-29(39)20-5-7-22(36)8-6-20)31(4)32(40,19(2)35)13-14-34(31,33)42/h5-9,18,23-28,36-38,40-42H,10-17H2,1-4H3/t18-,23+,24+,25-,26+,27+,28-,30+,31-,32-,33+,34-/m1/s1. The minimum atomic E-state index is -2.05. The number of esters is 1. The number of aliphatic hydroxyl groups is 5. The second-order valence-electron chi connectivity index (χ2n) is 14.5. The molecule has 1 saturated heterocycles. The molecule has 45 heavy (non-hydrogen) atoms. The van der Waals surface area contributed by atoms with E-state index in [1.54, 1.807) is 13.8 Å². The van der Waals surface area contributed by atoms with E-state index < -0.39 is 76.0 Å². The van der Waals surface area contributed by atoms with Crippen LogP contribution < -0.4 is 0 Å².